The van der Waals surface area contributed by atoms with Crippen molar-refractivity contribution in [3.05, 3.63) is 46.0 Å². The fourth-order valence-electron chi connectivity index (χ4n) is 2.35. The van der Waals surface area contributed by atoms with E-state index in [2.05, 4.69) is 44.3 Å². The number of halogens is 1. The van der Waals surface area contributed by atoms with Crippen LogP contribution in [0.5, 0.6) is 0 Å². The van der Waals surface area contributed by atoms with Crippen LogP contribution in [0.15, 0.2) is 29.0 Å². The first-order chi connectivity index (χ1) is 9.65. The standard InChI is InChI=1S/C15H21BrN4/c1-4-13-15(16)14(20(3)19-13)9-12(17-2)8-11-6-5-7-18-10-11/h5-7,10,12,17H,4,8-9H2,1-3H3. The first kappa shape index (κ1) is 15.2. The van der Waals surface area contributed by atoms with Gasteiger partial charge in [0.2, 0.25) is 0 Å². The van der Waals surface area contributed by atoms with Gasteiger partial charge in [-0.15, -0.1) is 0 Å². The highest BCUT2D eigenvalue weighted by molar-refractivity contribution is 9.10. The summed E-state index contributed by atoms with van der Waals surface area (Å²) in [6.45, 7) is 2.13. The minimum Gasteiger partial charge on any atom is -0.316 e. The third-order valence-electron chi connectivity index (χ3n) is 3.56. The van der Waals surface area contributed by atoms with Crippen LogP contribution in [0, 0.1) is 0 Å². The zero-order valence-corrected chi connectivity index (χ0v) is 13.8. The molecule has 4 nitrogen and oxygen atoms in total. The molecule has 0 aliphatic heterocycles. The van der Waals surface area contributed by atoms with Gasteiger partial charge in [-0.05, 0) is 47.4 Å². The van der Waals surface area contributed by atoms with Crippen LogP contribution in [0.2, 0.25) is 0 Å². The number of likely N-dealkylation sites (N-methyl/N-ethyl adjacent to an activating group) is 1. The Morgan fingerprint density at radius 1 is 1.40 bits per heavy atom. The van der Waals surface area contributed by atoms with E-state index in [9.17, 15) is 0 Å². The third kappa shape index (κ3) is 3.46. The molecule has 108 valence electrons. The summed E-state index contributed by atoms with van der Waals surface area (Å²) in [7, 11) is 4.02. The van der Waals surface area contributed by atoms with E-state index in [0.29, 0.717) is 6.04 Å². The Bertz CT molecular complexity index is 551. The van der Waals surface area contributed by atoms with Crippen LogP contribution in [0.25, 0.3) is 0 Å². The number of rotatable bonds is 6. The molecule has 0 saturated carbocycles. The summed E-state index contributed by atoms with van der Waals surface area (Å²) >= 11 is 3.68. The number of pyridine rings is 1. The van der Waals surface area contributed by atoms with Crippen molar-refractivity contribution in [3.8, 4) is 0 Å². The topological polar surface area (TPSA) is 42.7 Å². The molecule has 1 N–H and O–H groups in total. The molecule has 20 heavy (non-hydrogen) atoms. The second kappa shape index (κ2) is 6.99. The molecular formula is C15H21BrN4. The van der Waals surface area contributed by atoms with E-state index in [1.165, 1.54) is 11.3 Å². The SMILES string of the molecule is CCc1nn(C)c(CC(Cc2cccnc2)NC)c1Br. The lowest BCUT2D eigenvalue weighted by Gasteiger charge is -2.16. The highest BCUT2D eigenvalue weighted by Crippen LogP contribution is 2.23. The average molecular weight is 337 g/mol. The molecule has 5 heteroatoms. The van der Waals surface area contributed by atoms with Crippen molar-refractivity contribution in [1.82, 2.24) is 20.1 Å². The number of nitrogens with one attached hydrogen (secondary N) is 1. The van der Waals surface area contributed by atoms with E-state index in [4.69, 9.17) is 0 Å². The average Bonchev–Trinajstić information content (AvgIpc) is 2.74. The molecule has 0 saturated heterocycles. The number of nitrogens with zero attached hydrogens (tertiary/aromatic N) is 3. The number of hydrogen-bond donors (Lipinski definition) is 1. The lowest BCUT2D eigenvalue weighted by Crippen LogP contribution is -2.30. The third-order valence-corrected chi connectivity index (χ3v) is 4.47. The highest BCUT2D eigenvalue weighted by Gasteiger charge is 2.17. The maximum atomic E-state index is 4.55. The second-order valence-corrected chi connectivity index (χ2v) is 5.73. The van der Waals surface area contributed by atoms with Gasteiger partial charge in [0, 0.05) is 31.9 Å². The molecule has 2 aromatic rings. The van der Waals surface area contributed by atoms with Gasteiger partial charge < -0.3 is 5.32 Å². The van der Waals surface area contributed by atoms with Gasteiger partial charge in [0.15, 0.2) is 0 Å². The summed E-state index contributed by atoms with van der Waals surface area (Å²) in [6.07, 6.45) is 6.59. The van der Waals surface area contributed by atoms with Gasteiger partial charge in [0.1, 0.15) is 0 Å². The Hall–Kier alpha value is -1.20. The Morgan fingerprint density at radius 3 is 2.75 bits per heavy atom. The maximum absolute atomic E-state index is 4.55. The van der Waals surface area contributed by atoms with Crippen molar-refractivity contribution in [1.29, 1.82) is 0 Å². The van der Waals surface area contributed by atoms with Gasteiger partial charge in [-0.1, -0.05) is 13.0 Å². The molecule has 2 heterocycles. The smallest absolute Gasteiger partial charge is 0.0766 e. The van der Waals surface area contributed by atoms with E-state index in [0.717, 1.165) is 29.4 Å². The minimum atomic E-state index is 0.371. The van der Waals surface area contributed by atoms with Crippen LogP contribution >= 0.6 is 15.9 Å². The largest absolute Gasteiger partial charge is 0.316 e. The zero-order chi connectivity index (χ0) is 14.5. The predicted octanol–water partition coefficient (Wildman–Crippen LogP) is 2.51. The summed E-state index contributed by atoms with van der Waals surface area (Å²) in [4.78, 5) is 4.18. The van der Waals surface area contributed by atoms with Crippen LogP contribution in [0.1, 0.15) is 23.9 Å². The summed E-state index contributed by atoms with van der Waals surface area (Å²) in [5, 5.41) is 7.94. The van der Waals surface area contributed by atoms with Gasteiger partial charge in [0.25, 0.3) is 0 Å². The lowest BCUT2D eigenvalue weighted by atomic mass is 10.0. The molecule has 1 unspecified atom stereocenters. The van der Waals surface area contributed by atoms with Crippen molar-refractivity contribution in [3.63, 3.8) is 0 Å². The number of aromatic nitrogens is 3. The first-order valence-corrected chi connectivity index (χ1v) is 7.71. The fraction of sp³-hybridized carbons (Fsp3) is 0.467. The Kier molecular flexibility index (Phi) is 5.31. The molecule has 0 aromatic carbocycles. The summed E-state index contributed by atoms with van der Waals surface area (Å²) in [5.74, 6) is 0. The van der Waals surface area contributed by atoms with Crippen LogP contribution in [-0.2, 0) is 26.3 Å². The van der Waals surface area contributed by atoms with E-state index < -0.39 is 0 Å². The minimum absolute atomic E-state index is 0.371. The van der Waals surface area contributed by atoms with Crippen LogP contribution in [-0.4, -0.2) is 27.9 Å². The molecule has 0 aliphatic rings. The van der Waals surface area contributed by atoms with Gasteiger partial charge in [-0.25, -0.2) is 0 Å². The van der Waals surface area contributed by atoms with Crippen LogP contribution in [0.3, 0.4) is 0 Å². The number of aryl methyl sites for hydroxylation is 2. The summed E-state index contributed by atoms with van der Waals surface area (Å²) in [6, 6.07) is 4.47. The molecule has 0 radical (unpaired) electrons. The maximum Gasteiger partial charge on any atom is 0.0766 e. The Balaban J connectivity index is 2.12. The van der Waals surface area contributed by atoms with Crippen LogP contribution < -0.4 is 5.32 Å². The highest BCUT2D eigenvalue weighted by atomic mass is 79.9. The molecule has 0 bridgehead atoms. The Labute approximate surface area is 128 Å². The second-order valence-electron chi connectivity index (χ2n) is 4.94. The van der Waals surface area contributed by atoms with Gasteiger partial charge in [-0.3, -0.25) is 9.67 Å². The van der Waals surface area contributed by atoms with E-state index in [1.54, 1.807) is 0 Å². The number of hydrogen-bond acceptors (Lipinski definition) is 3. The predicted molar refractivity (Wildman–Crippen MR) is 84.8 cm³/mol. The summed E-state index contributed by atoms with van der Waals surface area (Å²) < 4.78 is 3.13. The van der Waals surface area contributed by atoms with Crippen molar-refractivity contribution in [2.75, 3.05) is 7.05 Å². The van der Waals surface area contributed by atoms with Gasteiger partial charge in [-0.2, -0.15) is 5.10 Å². The zero-order valence-electron chi connectivity index (χ0n) is 12.2. The molecular weight excluding hydrogens is 316 g/mol. The molecule has 0 spiro atoms. The van der Waals surface area contributed by atoms with Gasteiger partial charge in [0.05, 0.1) is 15.9 Å². The monoisotopic (exact) mass is 336 g/mol. The van der Waals surface area contributed by atoms with Gasteiger partial charge >= 0.3 is 0 Å². The van der Waals surface area contributed by atoms with E-state index in [1.807, 2.05) is 37.2 Å². The summed E-state index contributed by atoms with van der Waals surface area (Å²) in [5.41, 5.74) is 3.62. The molecule has 2 rings (SSSR count). The molecule has 2 aromatic heterocycles. The van der Waals surface area contributed by atoms with E-state index in [-0.39, 0.29) is 0 Å². The van der Waals surface area contributed by atoms with Crippen molar-refractivity contribution in [2.45, 2.75) is 32.2 Å². The van der Waals surface area contributed by atoms with Crippen molar-refractivity contribution >= 4 is 15.9 Å². The van der Waals surface area contributed by atoms with Crippen molar-refractivity contribution in [2.24, 2.45) is 7.05 Å². The first-order valence-electron chi connectivity index (χ1n) is 6.92. The molecule has 0 amide bonds. The lowest BCUT2D eigenvalue weighted by molar-refractivity contribution is 0.532. The molecule has 0 fully saturated rings. The quantitative estimate of drug-likeness (QED) is 0.881. The van der Waals surface area contributed by atoms with Crippen molar-refractivity contribution < 1.29 is 0 Å². The van der Waals surface area contributed by atoms with E-state index >= 15 is 0 Å². The van der Waals surface area contributed by atoms with Crippen LogP contribution in [0.4, 0.5) is 0 Å². The Morgan fingerprint density at radius 2 is 2.20 bits per heavy atom. The normalized spacial score (nSPS) is 12.6. The molecule has 0 aliphatic carbocycles. The fourth-order valence-corrected chi connectivity index (χ4v) is 3.13. The molecule has 1 atom stereocenters.